The summed E-state index contributed by atoms with van der Waals surface area (Å²) in [5.74, 6) is 0. The molecule has 0 saturated carbocycles. The molecular formula is C16H20N2. The third-order valence-corrected chi connectivity index (χ3v) is 3.36. The predicted octanol–water partition coefficient (Wildman–Crippen LogP) is 4.29. The minimum Gasteiger partial charge on any atom is -0.197 e. The molecule has 0 bridgehead atoms. The van der Waals surface area contributed by atoms with Crippen LogP contribution in [0.15, 0.2) is 34.9 Å². The molecule has 0 amide bonds. The van der Waals surface area contributed by atoms with Gasteiger partial charge in [-0.05, 0) is 52.2 Å². The molecule has 1 aliphatic carbocycles. The smallest absolute Gasteiger partial charge is 0.0766 e. The first-order valence-electron chi connectivity index (χ1n) is 6.15. The summed E-state index contributed by atoms with van der Waals surface area (Å²) in [5, 5.41) is 18.5. The fourth-order valence-corrected chi connectivity index (χ4v) is 1.79. The Morgan fingerprint density at radius 3 is 1.94 bits per heavy atom. The third-order valence-electron chi connectivity index (χ3n) is 3.36. The lowest BCUT2D eigenvalue weighted by Gasteiger charge is -2.21. The lowest BCUT2D eigenvalue weighted by atomic mass is 9.80. The van der Waals surface area contributed by atoms with Crippen LogP contribution in [0.1, 0.15) is 41.0 Å². The Morgan fingerprint density at radius 1 is 0.944 bits per heavy atom. The Bertz CT molecular complexity index is 514. The number of nitriles is 2. The predicted molar refractivity (Wildman–Crippen MR) is 73.3 cm³/mol. The summed E-state index contributed by atoms with van der Waals surface area (Å²) in [7, 11) is 0. The van der Waals surface area contributed by atoms with Crippen molar-refractivity contribution < 1.29 is 0 Å². The standard InChI is InChI=1S/C16H20N2/c1-12-6-7-13(15(2,3)10-17)9-14(8-12)16(4,5)11-18/h7-9H,6H2,1-5H3. The lowest BCUT2D eigenvalue weighted by Crippen LogP contribution is -2.14. The van der Waals surface area contributed by atoms with Crippen LogP contribution in [-0.2, 0) is 0 Å². The molecule has 0 aromatic carbocycles. The quantitative estimate of drug-likeness (QED) is 0.723. The van der Waals surface area contributed by atoms with Gasteiger partial charge in [0.1, 0.15) is 0 Å². The molecule has 0 aromatic heterocycles. The van der Waals surface area contributed by atoms with Crippen LogP contribution in [0, 0.1) is 33.5 Å². The lowest BCUT2D eigenvalue weighted by molar-refractivity contribution is 0.591. The third kappa shape index (κ3) is 2.90. The van der Waals surface area contributed by atoms with Crippen molar-refractivity contribution in [3.05, 3.63) is 34.9 Å². The molecule has 0 fully saturated rings. The number of hydrogen-bond donors (Lipinski definition) is 0. The summed E-state index contributed by atoms with van der Waals surface area (Å²) >= 11 is 0. The molecule has 0 aliphatic heterocycles. The molecule has 94 valence electrons. The van der Waals surface area contributed by atoms with Crippen LogP contribution in [0.4, 0.5) is 0 Å². The topological polar surface area (TPSA) is 47.6 Å². The van der Waals surface area contributed by atoms with E-state index < -0.39 is 10.8 Å². The van der Waals surface area contributed by atoms with E-state index in [2.05, 4.69) is 31.2 Å². The normalized spacial score (nSPS) is 16.7. The van der Waals surface area contributed by atoms with E-state index >= 15 is 0 Å². The molecule has 0 N–H and O–H groups in total. The molecule has 2 heteroatoms. The summed E-state index contributed by atoms with van der Waals surface area (Å²) in [4.78, 5) is 0. The van der Waals surface area contributed by atoms with Gasteiger partial charge in [-0.15, -0.1) is 0 Å². The zero-order valence-electron chi connectivity index (χ0n) is 11.8. The van der Waals surface area contributed by atoms with Crippen LogP contribution in [0.3, 0.4) is 0 Å². The van der Waals surface area contributed by atoms with E-state index in [1.165, 1.54) is 5.57 Å². The molecule has 0 aromatic rings. The first-order chi connectivity index (χ1) is 8.23. The molecule has 0 spiro atoms. The fraction of sp³-hybridized carbons (Fsp3) is 0.500. The average molecular weight is 240 g/mol. The van der Waals surface area contributed by atoms with Crippen LogP contribution < -0.4 is 0 Å². The minimum absolute atomic E-state index is 0.519. The van der Waals surface area contributed by atoms with Gasteiger partial charge < -0.3 is 0 Å². The minimum atomic E-state index is -0.532. The Balaban J connectivity index is 3.34. The summed E-state index contributed by atoms with van der Waals surface area (Å²) in [6.07, 6.45) is 7.00. The highest BCUT2D eigenvalue weighted by molar-refractivity contribution is 5.45. The first kappa shape index (κ1) is 14.3. The largest absolute Gasteiger partial charge is 0.197 e. The summed E-state index contributed by atoms with van der Waals surface area (Å²) in [5.41, 5.74) is 2.14. The van der Waals surface area contributed by atoms with E-state index in [1.54, 1.807) is 0 Å². The van der Waals surface area contributed by atoms with Crippen LogP contribution >= 0.6 is 0 Å². The van der Waals surface area contributed by atoms with Gasteiger partial charge in [0.2, 0.25) is 0 Å². The molecule has 2 nitrogen and oxygen atoms in total. The number of hydrogen-bond acceptors (Lipinski definition) is 2. The van der Waals surface area contributed by atoms with Crippen molar-refractivity contribution in [1.82, 2.24) is 0 Å². The highest BCUT2D eigenvalue weighted by Gasteiger charge is 2.27. The van der Waals surface area contributed by atoms with Gasteiger partial charge in [-0.3, -0.25) is 0 Å². The van der Waals surface area contributed by atoms with E-state index in [0.717, 1.165) is 17.6 Å². The highest BCUT2D eigenvalue weighted by atomic mass is 14.4. The molecule has 0 atom stereocenters. The van der Waals surface area contributed by atoms with Gasteiger partial charge in [-0.1, -0.05) is 23.8 Å². The molecule has 0 radical (unpaired) electrons. The monoisotopic (exact) mass is 240 g/mol. The van der Waals surface area contributed by atoms with Gasteiger partial charge >= 0.3 is 0 Å². The number of rotatable bonds is 2. The van der Waals surface area contributed by atoms with Crippen LogP contribution in [0.25, 0.3) is 0 Å². The van der Waals surface area contributed by atoms with Gasteiger partial charge in [0.25, 0.3) is 0 Å². The first-order valence-corrected chi connectivity index (χ1v) is 6.15. The van der Waals surface area contributed by atoms with E-state index in [4.69, 9.17) is 0 Å². The fourth-order valence-electron chi connectivity index (χ4n) is 1.79. The molecule has 0 heterocycles. The Hall–Kier alpha value is -1.80. The van der Waals surface area contributed by atoms with Crippen molar-refractivity contribution >= 4 is 0 Å². The van der Waals surface area contributed by atoms with Crippen molar-refractivity contribution in [2.75, 3.05) is 0 Å². The van der Waals surface area contributed by atoms with Crippen molar-refractivity contribution in [3.8, 4) is 12.1 Å². The summed E-state index contributed by atoms with van der Waals surface area (Å²) < 4.78 is 0. The van der Waals surface area contributed by atoms with Crippen LogP contribution in [-0.4, -0.2) is 0 Å². The second kappa shape index (κ2) is 4.83. The summed E-state index contributed by atoms with van der Waals surface area (Å²) in [6, 6.07) is 4.65. The average Bonchev–Trinajstić information content (AvgIpc) is 2.52. The number of nitrogens with zero attached hydrogens (tertiary/aromatic N) is 2. The molecule has 0 saturated heterocycles. The van der Waals surface area contributed by atoms with Crippen LogP contribution in [0.2, 0.25) is 0 Å². The Morgan fingerprint density at radius 2 is 1.44 bits per heavy atom. The molecular weight excluding hydrogens is 220 g/mol. The zero-order valence-corrected chi connectivity index (χ0v) is 11.8. The zero-order chi connectivity index (χ0) is 14.0. The van der Waals surface area contributed by atoms with Crippen molar-refractivity contribution in [1.29, 1.82) is 10.5 Å². The summed E-state index contributed by atoms with van der Waals surface area (Å²) in [6.45, 7) is 9.69. The maximum absolute atomic E-state index is 9.27. The van der Waals surface area contributed by atoms with Crippen molar-refractivity contribution in [3.63, 3.8) is 0 Å². The van der Waals surface area contributed by atoms with Gasteiger partial charge in [-0.2, -0.15) is 10.5 Å². The van der Waals surface area contributed by atoms with Gasteiger partial charge in [-0.25, -0.2) is 0 Å². The van der Waals surface area contributed by atoms with Crippen LogP contribution in [0.5, 0.6) is 0 Å². The highest BCUT2D eigenvalue weighted by Crippen LogP contribution is 2.36. The molecule has 18 heavy (non-hydrogen) atoms. The second-order valence-corrected chi connectivity index (χ2v) is 5.93. The Labute approximate surface area is 110 Å². The maximum atomic E-state index is 9.27. The van der Waals surface area contributed by atoms with Crippen molar-refractivity contribution in [2.24, 2.45) is 10.8 Å². The number of allylic oxidation sites excluding steroid dienone is 6. The maximum Gasteiger partial charge on any atom is 0.0766 e. The van der Waals surface area contributed by atoms with Gasteiger partial charge in [0.05, 0.1) is 23.0 Å². The van der Waals surface area contributed by atoms with E-state index in [0.29, 0.717) is 0 Å². The molecule has 1 aliphatic rings. The Kier molecular flexibility index (Phi) is 3.82. The van der Waals surface area contributed by atoms with E-state index in [-0.39, 0.29) is 0 Å². The van der Waals surface area contributed by atoms with Gasteiger partial charge in [0.15, 0.2) is 0 Å². The van der Waals surface area contributed by atoms with Gasteiger partial charge in [0, 0.05) is 0 Å². The van der Waals surface area contributed by atoms with Crippen molar-refractivity contribution in [2.45, 2.75) is 41.0 Å². The molecule has 1 rings (SSSR count). The second-order valence-electron chi connectivity index (χ2n) is 5.93. The molecule has 0 unspecified atom stereocenters. The van der Waals surface area contributed by atoms with E-state index in [9.17, 15) is 10.5 Å². The van der Waals surface area contributed by atoms with E-state index in [1.807, 2.05) is 33.8 Å². The SMILES string of the molecule is CC1=CC(C(C)(C)C#N)=CC(C(C)(C)C#N)=CC1.